The molecular formula is C23H26N4O2S. The van der Waals surface area contributed by atoms with E-state index in [1.807, 2.05) is 31.2 Å². The Kier molecular flexibility index (Phi) is 4.95. The van der Waals surface area contributed by atoms with Crippen LogP contribution in [0.4, 0.5) is 11.4 Å². The average Bonchev–Trinajstić information content (AvgIpc) is 3.27. The molecule has 3 heterocycles. The van der Waals surface area contributed by atoms with Gasteiger partial charge in [0.25, 0.3) is 5.91 Å². The van der Waals surface area contributed by atoms with Gasteiger partial charge < -0.3 is 14.5 Å². The van der Waals surface area contributed by atoms with Crippen molar-refractivity contribution in [2.75, 3.05) is 49.6 Å². The van der Waals surface area contributed by atoms with E-state index < -0.39 is 5.54 Å². The van der Waals surface area contributed by atoms with Gasteiger partial charge in [0.1, 0.15) is 11.3 Å². The molecule has 156 valence electrons. The first kappa shape index (κ1) is 19.5. The van der Waals surface area contributed by atoms with Crippen LogP contribution in [-0.4, -0.2) is 61.3 Å². The molecule has 6 nitrogen and oxygen atoms in total. The van der Waals surface area contributed by atoms with Crippen LogP contribution < -0.4 is 14.5 Å². The molecule has 1 unspecified atom stereocenters. The van der Waals surface area contributed by atoms with Crippen LogP contribution in [-0.2, 0) is 4.79 Å². The van der Waals surface area contributed by atoms with Gasteiger partial charge in [0.15, 0.2) is 5.17 Å². The van der Waals surface area contributed by atoms with Gasteiger partial charge >= 0.3 is 0 Å². The number of benzene rings is 2. The number of hydrogen-bond acceptors (Lipinski definition) is 6. The number of piperazine rings is 1. The summed E-state index contributed by atoms with van der Waals surface area (Å²) < 4.78 is 5.26. The molecule has 1 saturated heterocycles. The molecule has 1 atom stereocenters. The second-order valence-corrected chi connectivity index (χ2v) is 9.16. The van der Waals surface area contributed by atoms with Gasteiger partial charge in [-0.3, -0.25) is 9.69 Å². The molecule has 0 saturated carbocycles. The van der Waals surface area contributed by atoms with Gasteiger partial charge in [0, 0.05) is 43.3 Å². The second-order valence-electron chi connectivity index (χ2n) is 8.16. The number of hydrogen-bond donors (Lipinski definition) is 0. The quantitative estimate of drug-likeness (QED) is 0.735. The zero-order chi connectivity index (χ0) is 20.7. The number of ether oxygens (including phenoxy) is 1. The van der Waals surface area contributed by atoms with Crippen LogP contribution in [0.5, 0.6) is 5.75 Å². The van der Waals surface area contributed by atoms with Crippen molar-refractivity contribution in [3.8, 4) is 5.75 Å². The Morgan fingerprint density at radius 2 is 1.80 bits per heavy atom. The van der Waals surface area contributed by atoms with E-state index in [0.29, 0.717) is 0 Å². The minimum absolute atomic E-state index is 0.0172. The highest BCUT2D eigenvalue weighted by Gasteiger charge is 2.50. The number of aliphatic imine (C=N–C) groups is 1. The lowest BCUT2D eigenvalue weighted by molar-refractivity contribution is -0.121. The van der Waals surface area contributed by atoms with Crippen molar-refractivity contribution < 1.29 is 9.53 Å². The highest BCUT2D eigenvalue weighted by molar-refractivity contribution is 8.14. The van der Waals surface area contributed by atoms with E-state index in [2.05, 4.69) is 44.0 Å². The number of thioether (sulfide) groups is 1. The van der Waals surface area contributed by atoms with Crippen molar-refractivity contribution in [2.45, 2.75) is 23.8 Å². The van der Waals surface area contributed by atoms with E-state index in [1.54, 1.807) is 18.9 Å². The van der Waals surface area contributed by atoms with E-state index in [9.17, 15) is 4.79 Å². The third kappa shape index (κ3) is 3.26. The van der Waals surface area contributed by atoms with Gasteiger partial charge in [-0.1, -0.05) is 12.1 Å². The molecule has 5 rings (SSSR count). The first-order valence-corrected chi connectivity index (χ1v) is 11.2. The number of rotatable bonds is 5. The number of amides is 1. The van der Waals surface area contributed by atoms with Crippen LogP contribution in [0.3, 0.4) is 0 Å². The van der Waals surface area contributed by atoms with Gasteiger partial charge in [-0.2, -0.15) is 4.99 Å². The Bertz CT molecular complexity index is 985. The summed E-state index contributed by atoms with van der Waals surface area (Å²) in [7, 11) is 1.69. The molecule has 1 amide bonds. The molecule has 30 heavy (non-hydrogen) atoms. The van der Waals surface area contributed by atoms with E-state index in [1.165, 1.54) is 10.6 Å². The lowest BCUT2D eigenvalue weighted by atomic mass is 9.94. The van der Waals surface area contributed by atoms with E-state index in [0.717, 1.165) is 55.7 Å². The fourth-order valence-electron chi connectivity index (χ4n) is 4.45. The molecule has 0 aliphatic carbocycles. The van der Waals surface area contributed by atoms with Crippen LogP contribution in [0.2, 0.25) is 0 Å². The van der Waals surface area contributed by atoms with Crippen LogP contribution in [0, 0.1) is 0 Å². The van der Waals surface area contributed by atoms with Crippen LogP contribution in [0.15, 0.2) is 58.4 Å². The molecule has 0 spiro atoms. The predicted octanol–water partition coefficient (Wildman–Crippen LogP) is 3.47. The van der Waals surface area contributed by atoms with Gasteiger partial charge in [0.05, 0.1) is 12.8 Å². The molecule has 0 aromatic heterocycles. The first-order chi connectivity index (χ1) is 14.6. The third-order valence-corrected chi connectivity index (χ3v) is 7.40. The van der Waals surface area contributed by atoms with Gasteiger partial charge in [0.2, 0.25) is 0 Å². The summed E-state index contributed by atoms with van der Waals surface area (Å²) >= 11 is 1.60. The Hall–Kier alpha value is -2.51. The fourth-order valence-corrected chi connectivity index (χ4v) is 5.57. The summed E-state index contributed by atoms with van der Waals surface area (Å²) in [4.78, 5) is 25.4. The smallest absolute Gasteiger partial charge is 0.274 e. The zero-order valence-corrected chi connectivity index (χ0v) is 18.2. The lowest BCUT2D eigenvalue weighted by Gasteiger charge is -2.39. The summed E-state index contributed by atoms with van der Waals surface area (Å²) in [6.07, 6.45) is 0.774. The number of carbonyl (C=O) groups excluding carboxylic acids is 1. The van der Waals surface area contributed by atoms with E-state index in [-0.39, 0.29) is 5.91 Å². The number of anilines is 2. The van der Waals surface area contributed by atoms with Gasteiger partial charge in [-0.25, -0.2) is 0 Å². The van der Waals surface area contributed by atoms with Crippen LogP contribution in [0.1, 0.15) is 13.3 Å². The molecule has 2 aromatic carbocycles. The average molecular weight is 423 g/mol. The minimum Gasteiger partial charge on any atom is -0.497 e. The van der Waals surface area contributed by atoms with Crippen molar-refractivity contribution in [1.29, 1.82) is 0 Å². The molecule has 2 aromatic rings. The predicted molar refractivity (Wildman–Crippen MR) is 122 cm³/mol. The van der Waals surface area contributed by atoms with Crippen molar-refractivity contribution in [1.82, 2.24) is 4.90 Å². The lowest BCUT2D eigenvalue weighted by Crippen LogP contribution is -2.52. The topological polar surface area (TPSA) is 48.4 Å². The summed E-state index contributed by atoms with van der Waals surface area (Å²) in [5.74, 6) is 0.867. The van der Waals surface area contributed by atoms with Crippen molar-refractivity contribution in [3.63, 3.8) is 0 Å². The van der Waals surface area contributed by atoms with E-state index in [4.69, 9.17) is 4.74 Å². The largest absolute Gasteiger partial charge is 0.497 e. The Balaban J connectivity index is 1.21. The summed E-state index contributed by atoms with van der Waals surface area (Å²) in [6, 6.07) is 16.5. The normalized spacial score (nSPS) is 23.4. The molecule has 0 radical (unpaired) electrons. The molecular weight excluding hydrogens is 396 g/mol. The maximum atomic E-state index is 12.8. The number of amidine groups is 1. The van der Waals surface area contributed by atoms with E-state index >= 15 is 0 Å². The number of para-hydroxylation sites is 1. The summed E-state index contributed by atoms with van der Waals surface area (Å²) in [6.45, 7) is 6.90. The molecule has 1 fully saturated rings. The third-order valence-electron chi connectivity index (χ3n) is 6.37. The summed E-state index contributed by atoms with van der Waals surface area (Å²) in [5.41, 5.74) is 1.75. The van der Waals surface area contributed by atoms with Gasteiger partial charge in [-0.15, -0.1) is 0 Å². The van der Waals surface area contributed by atoms with Gasteiger partial charge in [-0.05, 0) is 61.5 Å². The molecule has 3 aliphatic rings. The number of fused-ring (bicyclic) bond motifs is 3. The monoisotopic (exact) mass is 422 g/mol. The SMILES string of the molecule is COc1ccc(N2CCN(CCC3(C)C(=O)N=C4Sc5ccccc5N43)CC2)cc1. The maximum Gasteiger partial charge on any atom is 0.274 e. The number of nitrogens with zero attached hydrogens (tertiary/aromatic N) is 4. The Morgan fingerprint density at radius 3 is 2.53 bits per heavy atom. The second kappa shape index (κ2) is 7.63. The van der Waals surface area contributed by atoms with Crippen molar-refractivity contribution in [3.05, 3.63) is 48.5 Å². The van der Waals surface area contributed by atoms with Crippen LogP contribution >= 0.6 is 11.8 Å². The fraction of sp³-hybridized carbons (Fsp3) is 0.391. The molecule has 7 heteroatoms. The maximum absolute atomic E-state index is 12.8. The molecule has 3 aliphatic heterocycles. The Morgan fingerprint density at radius 1 is 1.07 bits per heavy atom. The van der Waals surface area contributed by atoms with Crippen molar-refractivity contribution >= 4 is 34.2 Å². The number of carbonyl (C=O) groups is 1. The van der Waals surface area contributed by atoms with Crippen LogP contribution in [0.25, 0.3) is 0 Å². The molecule has 0 bridgehead atoms. The number of methoxy groups -OCH3 is 1. The highest BCUT2D eigenvalue weighted by atomic mass is 32.2. The Labute approximate surface area is 181 Å². The highest BCUT2D eigenvalue weighted by Crippen LogP contribution is 2.48. The van der Waals surface area contributed by atoms with Crippen molar-refractivity contribution in [2.24, 2.45) is 4.99 Å². The summed E-state index contributed by atoms with van der Waals surface area (Å²) in [5, 5.41) is 0.827. The minimum atomic E-state index is -0.595. The first-order valence-electron chi connectivity index (χ1n) is 10.4. The molecule has 0 N–H and O–H groups in total. The standard InChI is InChI=1S/C23H26N4O2S/c1-23(21(28)24-22-27(23)19-5-3-4-6-20(19)30-22)11-12-25-13-15-26(16-14-25)17-7-9-18(29-2)10-8-17/h3-10H,11-16H2,1-2H3. The zero-order valence-electron chi connectivity index (χ0n) is 17.4.